The van der Waals surface area contributed by atoms with Gasteiger partial charge in [0.2, 0.25) is 5.91 Å². The molecule has 0 saturated carbocycles. The monoisotopic (exact) mass is 213 g/mol. The molecule has 88 valence electrons. The molecule has 1 fully saturated rings. The van der Waals surface area contributed by atoms with Gasteiger partial charge in [-0.2, -0.15) is 0 Å². The lowest BCUT2D eigenvalue weighted by molar-refractivity contribution is -0.140. The fourth-order valence-corrected chi connectivity index (χ4v) is 2.04. The van der Waals surface area contributed by atoms with Gasteiger partial charge in [-0.25, -0.2) is 0 Å². The number of hydrogen-bond donors (Lipinski definition) is 1. The average molecular weight is 213 g/mol. The van der Waals surface area contributed by atoms with Crippen molar-refractivity contribution in [1.29, 1.82) is 0 Å². The Morgan fingerprint density at radius 3 is 2.53 bits per heavy atom. The van der Waals surface area contributed by atoms with Gasteiger partial charge in [-0.1, -0.05) is 0 Å². The van der Waals surface area contributed by atoms with Crippen molar-refractivity contribution < 1.29 is 4.79 Å². The summed E-state index contributed by atoms with van der Waals surface area (Å²) in [5.74, 6) is 0.226. The first kappa shape index (κ1) is 12.5. The minimum atomic E-state index is 0.130. The molecule has 1 heterocycles. The average Bonchev–Trinajstić information content (AvgIpc) is 2.09. The Hall–Kier alpha value is -0.610. The topological polar surface area (TPSA) is 49.6 Å². The van der Waals surface area contributed by atoms with Gasteiger partial charge in [0.05, 0.1) is 6.54 Å². The van der Waals surface area contributed by atoms with Crippen LogP contribution in [0.5, 0.6) is 0 Å². The Labute approximate surface area is 92.4 Å². The Morgan fingerprint density at radius 2 is 2.07 bits per heavy atom. The summed E-state index contributed by atoms with van der Waals surface area (Å²) in [6, 6.07) is 0.847. The summed E-state index contributed by atoms with van der Waals surface area (Å²) in [5.41, 5.74) is 5.76. The van der Waals surface area contributed by atoms with E-state index in [1.807, 2.05) is 11.8 Å². The third kappa shape index (κ3) is 3.18. The van der Waals surface area contributed by atoms with Crippen LogP contribution in [-0.4, -0.2) is 53.5 Å². The largest absolute Gasteiger partial charge is 0.338 e. The Balaban J connectivity index is 2.58. The highest BCUT2D eigenvalue weighted by Gasteiger charge is 2.30. The Kier molecular flexibility index (Phi) is 4.11. The van der Waals surface area contributed by atoms with E-state index in [4.69, 9.17) is 5.73 Å². The lowest BCUT2D eigenvalue weighted by Gasteiger charge is -2.41. The quantitative estimate of drug-likeness (QED) is 0.732. The number of nitrogens with zero attached hydrogens (tertiary/aromatic N) is 2. The highest BCUT2D eigenvalue weighted by Crippen LogP contribution is 2.13. The zero-order valence-electron chi connectivity index (χ0n) is 10.2. The second kappa shape index (κ2) is 4.94. The normalized spacial score (nSPS) is 26.1. The lowest BCUT2D eigenvalue weighted by atomic mass is 10.1. The molecule has 15 heavy (non-hydrogen) atoms. The van der Waals surface area contributed by atoms with Crippen LogP contribution >= 0.6 is 0 Å². The minimum Gasteiger partial charge on any atom is -0.338 e. The molecule has 2 unspecified atom stereocenters. The van der Waals surface area contributed by atoms with E-state index in [1.165, 1.54) is 0 Å². The van der Waals surface area contributed by atoms with Crippen LogP contribution in [0, 0.1) is 0 Å². The predicted molar refractivity (Wildman–Crippen MR) is 61.5 cm³/mol. The second-order valence-electron chi connectivity index (χ2n) is 4.90. The van der Waals surface area contributed by atoms with E-state index in [0.717, 1.165) is 13.1 Å². The van der Waals surface area contributed by atoms with E-state index in [2.05, 4.69) is 25.7 Å². The van der Waals surface area contributed by atoms with Gasteiger partial charge in [-0.15, -0.1) is 0 Å². The van der Waals surface area contributed by atoms with Crippen LogP contribution in [0.1, 0.15) is 27.7 Å². The maximum Gasteiger partial charge on any atom is 0.237 e. The summed E-state index contributed by atoms with van der Waals surface area (Å²) >= 11 is 0. The molecule has 0 aromatic heterocycles. The molecule has 0 bridgehead atoms. The maximum atomic E-state index is 11.8. The Bertz CT molecular complexity index is 228. The number of amides is 1. The molecule has 0 radical (unpaired) electrons. The molecule has 0 aromatic carbocycles. The van der Waals surface area contributed by atoms with Crippen LogP contribution in [0.15, 0.2) is 0 Å². The van der Waals surface area contributed by atoms with Gasteiger partial charge in [0.1, 0.15) is 0 Å². The minimum absolute atomic E-state index is 0.130. The number of carbonyl (C=O) groups excluding carboxylic acids is 1. The van der Waals surface area contributed by atoms with Gasteiger partial charge < -0.3 is 10.6 Å². The van der Waals surface area contributed by atoms with E-state index in [0.29, 0.717) is 18.6 Å². The molecule has 1 amide bonds. The molecule has 0 spiro atoms. The third-order valence-corrected chi connectivity index (χ3v) is 2.89. The molecule has 2 atom stereocenters. The number of hydrogen-bond acceptors (Lipinski definition) is 3. The van der Waals surface area contributed by atoms with Gasteiger partial charge in [0, 0.05) is 31.2 Å². The van der Waals surface area contributed by atoms with Crippen LogP contribution in [0.3, 0.4) is 0 Å². The van der Waals surface area contributed by atoms with Crippen LogP contribution < -0.4 is 5.73 Å². The molecular weight excluding hydrogens is 190 g/mol. The van der Waals surface area contributed by atoms with Gasteiger partial charge in [-0.05, 0) is 27.7 Å². The van der Waals surface area contributed by atoms with Crippen molar-refractivity contribution in [3.8, 4) is 0 Å². The van der Waals surface area contributed by atoms with Crippen molar-refractivity contribution in [3.63, 3.8) is 0 Å². The van der Waals surface area contributed by atoms with Crippen molar-refractivity contribution in [3.05, 3.63) is 0 Å². The van der Waals surface area contributed by atoms with Crippen molar-refractivity contribution in [2.75, 3.05) is 19.6 Å². The van der Waals surface area contributed by atoms with Crippen molar-refractivity contribution in [2.45, 2.75) is 45.8 Å². The summed E-state index contributed by atoms with van der Waals surface area (Å²) in [4.78, 5) is 15.9. The Morgan fingerprint density at radius 1 is 1.47 bits per heavy atom. The first-order chi connectivity index (χ1) is 6.91. The number of piperazine rings is 1. The summed E-state index contributed by atoms with van der Waals surface area (Å²) < 4.78 is 0. The lowest BCUT2D eigenvalue weighted by Crippen LogP contribution is -2.58. The molecule has 0 aliphatic carbocycles. The van der Waals surface area contributed by atoms with Gasteiger partial charge in [-0.3, -0.25) is 9.69 Å². The fraction of sp³-hybridized carbons (Fsp3) is 0.909. The first-order valence-corrected chi connectivity index (χ1v) is 5.71. The van der Waals surface area contributed by atoms with Crippen molar-refractivity contribution >= 4 is 5.91 Å². The van der Waals surface area contributed by atoms with Crippen LogP contribution in [0.25, 0.3) is 0 Å². The van der Waals surface area contributed by atoms with Gasteiger partial charge >= 0.3 is 0 Å². The van der Waals surface area contributed by atoms with E-state index in [9.17, 15) is 4.79 Å². The summed E-state index contributed by atoms with van der Waals surface area (Å²) in [6.45, 7) is 10.4. The zero-order valence-corrected chi connectivity index (χ0v) is 10.2. The van der Waals surface area contributed by atoms with E-state index in [1.54, 1.807) is 0 Å². The van der Waals surface area contributed by atoms with Crippen molar-refractivity contribution in [1.82, 2.24) is 9.80 Å². The van der Waals surface area contributed by atoms with Gasteiger partial charge in [0.25, 0.3) is 0 Å². The summed E-state index contributed by atoms with van der Waals surface area (Å²) in [5, 5.41) is 0. The molecular formula is C11H23N3O. The molecule has 4 nitrogen and oxygen atoms in total. The highest BCUT2D eigenvalue weighted by molar-refractivity contribution is 5.79. The third-order valence-electron chi connectivity index (χ3n) is 2.89. The summed E-state index contributed by atoms with van der Waals surface area (Å²) in [6.07, 6.45) is 0. The van der Waals surface area contributed by atoms with E-state index < -0.39 is 0 Å². The molecule has 4 heteroatoms. The van der Waals surface area contributed by atoms with Crippen LogP contribution in [0.2, 0.25) is 0 Å². The number of rotatable bonds is 3. The summed E-state index contributed by atoms with van der Waals surface area (Å²) in [7, 11) is 0. The molecule has 1 aliphatic rings. The van der Waals surface area contributed by atoms with Crippen LogP contribution in [-0.2, 0) is 4.79 Å². The van der Waals surface area contributed by atoms with E-state index in [-0.39, 0.29) is 11.9 Å². The number of nitrogens with two attached hydrogens (primary N) is 1. The molecule has 0 aromatic rings. The smallest absolute Gasteiger partial charge is 0.237 e. The molecule has 2 N–H and O–H groups in total. The fourth-order valence-electron chi connectivity index (χ4n) is 2.04. The zero-order chi connectivity index (χ0) is 11.6. The maximum absolute atomic E-state index is 11.8. The number of carbonyl (C=O) groups is 1. The standard InChI is InChI=1S/C11H23N3O/c1-8(2)14-6-10(4)13(5-9(3)12)7-11(14)15/h8-10H,5-7,12H2,1-4H3. The van der Waals surface area contributed by atoms with Gasteiger partial charge in [0.15, 0.2) is 0 Å². The predicted octanol–water partition coefficient (Wildman–Crippen LogP) is 0.275. The second-order valence-corrected chi connectivity index (χ2v) is 4.90. The SMILES string of the molecule is CC(N)CN1CC(=O)N(C(C)C)CC1C. The first-order valence-electron chi connectivity index (χ1n) is 5.71. The molecule has 1 rings (SSSR count). The molecule has 1 aliphatic heterocycles. The molecule has 1 saturated heterocycles. The highest BCUT2D eigenvalue weighted by atomic mass is 16.2. The van der Waals surface area contributed by atoms with E-state index >= 15 is 0 Å². The van der Waals surface area contributed by atoms with Crippen molar-refractivity contribution in [2.24, 2.45) is 5.73 Å². The van der Waals surface area contributed by atoms with Crippen LogP contribution in [0.4, 0.5) is 0 Å².